The molecule has 2 nitrogen and oxygen atoms in total. The molecule has 0 heterocycles. The molecule has 0 aromatic heterocycles. The molecule has 0 spiro atoms. The third kappa shape index (κ3) is 22.0. The van der Waals surface area contributed by atoms with Gasteiger partial charge in [-0.05, 0) is 19.4 Å². The molecule has 0 bridgehead atoms. The minimum absolute atomic E-state index is 0.300. The fourth-order valence-corrected chi connectivity index (χ4v) is 3.62. The summed E-state index contributed by atoms with van der Waals surface area (Å²) in [6.07, 6.45) is 27.5. The van der Waals surface area contributed by atoms with Crippen molar-refractivity contribution >= 4 is 0 Å². The quantitative estimate of drug-likeness (QED) is 0.151. The van der Waals surface area contributed by atoms with Crippen molar-refractivity contribution in [3.8, 4) is 0 Å². The smallest absolute Gasteiger partial charge is 0.104 e. The molecule has 0 aliphatic carbocycles. The Labute approximate surface area is 165 Å². The average Bonchev–Trinajstić information content (AvgIpc) is 2.66. The Kier molecular flexibility index (Phi) is 22.9. The van der Waals surface area contributed by atoms with Gasteiger partial charge >= 0.3 is 0 Å². The van der Waals surface area contributed by atoms with Crippen molar-refractivity contribution in [2.45, 2.75) is 148 Å². The minimum Gasteiger partial charge on any atom is -0.379 e. The van der Waals surface area contributed by atoms with Crippen LogP contribution in [0, 0.1) is 0 Å². The number of aliphatic hydroxyl groups is 1. The highest BCUT2D eigenvalue weighted by molar-refractivity contribution is 4.53. The average molecular weight is 370 g/mol. The van der Waals surface area contributed by atoms with Gasteiger partial charge in [0.05, 0.1) is 0 Å². The molecule has 1 unspecified atom stereocenters. The zero-order valence-corrected chi connectivity index (χ0v) is 18.4. The molecule has 0 aliphatic rings. The number of rotatable bonds is 22. The molecule has 2 heteroatoms. The molecular formula is C24H51NO. The molecule has 0 aromatic rings. The van der Waals surface area contributed by atoms with E-state index in [4.69, 9.17) is 0 Å². The van der Waals surface area contributed by atoms with Gasteiger partial charge in [-0.2, -0.15) is 0 Å². The fraction of sp³-hybridized carbons (Fsp3) is 1.00. The summed E-state index contributed by atoms with van der Waals surface area (Å²) >= 11 is 0. The first-order valence-electron chi connectivity index (χ1n) is 12.2. The van der Waals surface area contributed by atoms with E-state index in [1.807, 2.05) is 6.92 Å². The first-order valence-corrected chi connectivity index (χ1v) is 12.2. The largest absolute Gasteiger partial charge is 0.379 e. The van der Waals surface area contributed by atoms with Crippen LogP contribution in [0.2, 0.25) is 0 Å². The normalized spacial score (nSPS) is 12.6. The van der Waals surface area contributed by atoms with Crippen molar-refractivity contribution in [1.29, 1.82) is 0 Å². The maximum absolute atomic E-state index is 9.40. The summed E-state index contributed by atoms with van der Waals surface area (Å²) in [7, 11) is 0. The van der Waals surface area contributed by atoms with Gasteiger partial charge in [-0.15, -0.1) is 0 Å². The van der Waals surface area contributed by atoms with Crippen LogP contribution in [0.1, 0.15) is 142 Å². The highest BCUT2D eigenvalue weighted by Crippen LogP contribution is 2.14. The van der Waals surface area contributed by atoms with Gasteiger partial charge < -0.3 is 5.11 Å². The highest BCUT2D eigenvalue weighted by Gasteiger charge is 1.98. The zero-order chi connectivity index (χ0) is 19.1. The van der Waals surface area contributed by atoms with Crippen molar-refractivity contribution in [3.05, 3.63) is 0 Å². The third-order valence-electron chi connectivity index (χ3n) is 5.55. The van der Waals surface area contributed by atoms with Gasteiger partial charge in [0.1, 0.15) is 6.23 Å². The monoisotopic (exact) mass is 369 g/mol. The minimum atomic E-state index is -0.300. The standard InChI is InChI=1S/C24H51NO/c1-3-5-6-7-8-9-10-11-12-13-14-15-16-17-18-19-20-21-22-23-25-24(26)4-2/h24-26H,3-23H2,1-2H3. The summed E-state index contributed by atoms with van der Waals surface area (Å²) in [6.45, 7) is 5.27. The van der Waals surface area contributed by atoms with Crippen molar-refractivity contribution in [1.82, 2.24) is 5.32 Å². The van der Waals surface area contributed by atoms with Gasteiger partial charge in [0.25, 0.3) is 0 Å². The van der Waals surface area contributed by atoms with E-state index in [2.05, 4.69) is 12.2 Å². The molecule has 0 amide bonds. The first-order chi connectivity index (χ1) is 12.8. The lowest BCUT2D eigenvalue weighted by Gasteiger charge is -2.09. The Balaban J connectivity index is 2.99. The number of aliphatic hydroxyl groups excluding tert-OH is 1. The van der Waals surface area contributed by atoms with Gasteiger partial charge in [0, 0.05) is 0 Å². The predicted octanol–water partition coefficient (Wildman–Crippen LogP) is 7.74. The molecule has 0 saturated heterocycles. The summed E-state index contributed by atoms with van der Waals surface area (Å²) in [4.78, 5) is 0. The maximum Gasteiger partial charge on any atom is 0.104 e. The van der Waals surface area contributed by atoms with Crippen molar-refractivity contribution in [2.75, 3.05) is 6.54 Å². The SMILES string of the molecule is CCCCCCCCCCCCCCCCCCCCCNC(O)CC. The Hall–Kier alpha value is -0.0800. The van der Waals surface area contributed by atoms with Crippen LogP contribution in [-0.4, -0.2) is 17.9 Å². The number of hydrogen-bond donors (Lipinski definition) is 2. The topological polar surface area (TPSA) is 32.3 Å². The van der Waals surface area contributed by atoms with Gasteiger partial charge in [0.2, 0.25) is 0 Å². The number of hydrogen-bond acceptors (Lipinski definition) is 2. The molecule has 0 fully saturated rings. The molecule has 0 rings (SSSR count). The summed E-state index contributed by atoms with van der Waals surface area (Å²) < 4.78 is 0. The summed E-state index contributed by atoms with van der Waals surface area (Å²) in [6, 6.07) is 0. The zero-order valence-electron chi connectivity index (χ0n) is 18.4. The van der Waals surface area contributed by atoms with E-state index in [1.54, 1.807) is 0 Å². The van der Waals surface area contributed by atoms with Crippen molar-refractivity contribution in [3.63, 3.8) is 0 Å². The van der Waals surface area contributed by atoms with E-state index in [-0.39, 0.29) is 6.23 Å². The Bertz CT molecular complexity index is 244. The molecule has 0 aliphatic heterocycles. The van der Waals surface area contributed by atoms with Gasteiger partial charge in [-0.1, -0.05) is 129 Å². The molecule has 158 valence electrons. The lowest BCUT2D eigenvalue weighted by Crippen LogP contribution is -2.28. The first kappa shape index (κ1) is 25.9. The summed E-state index contributed by atoms with van der Waals surface area (Å²) in [5, 5.41) is 12.5. The lowest BCUT2D eigenvalue weighted by molar-refractivity contribution is 0.133. The second-order valence-electron chi connectivity index (χ2n) is 8.24. The highest BCUT2D eigenvalue weighted by atomic mass is 16.3. The van der Waals surface area contributed by atoms with Crippen LogP contribution in [0.15, 0.2) is 0 Å². The van der Waals surface area contributed by atoms with E-state index < -0.39 is 0 Å². The van der Waals surface area contributed by atoms with Crippen LogP contribution in [0.5, 0.6) is 0 Å². The molecule has 0 aromatic carbocycles. The van der Waals surface area contributed by atoms with Crippen molar-refractivity contribution in [2.24, 2.45) is 0 Å². The van der Waals surface area contributed by atoms with E-state index in [1.165, 1.54) is 122 Å². The van der Waals surface area contributed by atoms with E-state index in [0.29, 0.717) is 0 Å². The molecule has 26 heavy (non-hydrogen) atoms. The van der Waals surface area contributed by atoms with Crippen LogP contribution in [-0.2, 0) is 0 Å². The molecular weight excluding hydrogens is 318 g/mol. The van der Waals surface area contributed by atoms with Crippen LogP contribution in [0.3, 0.4) is 0 Å². The van der Waals surface area contributed by atoms with E-state index >= 15 is 0 Å². The van der Waals surface area contributed by atoms with E-state index in [9.17, 15) is 5.11 Å². The second kappa shape index (κ2) is 23.0. The Morgan fingerprint density at radius 3 is 1.12 bits per heavy atom. The predicted molar refractivity (Wildman–Crippen MR) is 118 cm³/mol. The summed E-state index contributed by atoms with van der Waals surface area (Å²) in [5.41, 5.74) is 0. The lowest BCUT2D eigenvalue weighted by atomic mass is 10.0. The Morgan fingerprint density at radius 2 is 0.808 bits per heavy atom. The van der Waals surface area contributed by atoms with Gasteiger partial charge in [-0.3, -0.25) is 5.32 Å². The molecule has 0 radical (unpaired) electrons. The maximum atomic E-state index is 9.40. The summed E-state index contributed by atoms with van der Waals surface area (Å²) in [5.74, 6) is 0. The van der Waals surface area contributed by atoms with Crippen LogP contribution in [0.25, 0.3) is 0 Å². The van der Waals surface area contributed by atoms with Crippen LogP contribution >= 0.6 is 0 Å². The van der Waals surface area contributed by atoms with Crippen LogP contribution in [0.4, 0.5) is 0 Å². The van der Waals surface area contributed by atoms with Gasteiger partial charge in [-0.25, -0.2) is 0 Å². The van der Waals surface area contributed by atoms with Gasteiger partial charge in [0.15, 0.2) is 0 Å². The van der Waals surface area contributed by atoms with Crippen LogP contribution < -0.4 is 5.32 Å². The molecule has 0 saturated carbocycles. The second-order valence-corrected chi connectivity index (χ2v) is 8.24. The third-order valence-corrected chi connectivity index (χ3v) is 5.55. The fourth-order valence-electron chi connectivity index (χ4n) is 3.62. The number of nitrogens with one attached hydrogen (secondary N) is 1. The van der Waals surface area contributed by atoms with E-state index in [0.717, 1.165) is 13.0 Å². The Morgan fingerprint density at radius 1 is 0.500 bits per heavy atom. The molecule has 1 atom stereocenters. The molecule has 2 N–H and O–H groups in total. The van der Waals surface area contributed by atoms with Crippen molar-refractivity contribution < 1.29 is 5.11 Å². The number of unbranched alkanes of at least 4 members (excludes halogenated alkanes) is 18.